The zero-order valence-corrected chi connectivity index (χ0v) is 15.0. The largest absolute Gasteiger partial charge is 0.315 e. The average molecular weight is 355 g/mol. The zero-order chi connectivity index (χ0) is 18.0. The van der Waals surface area contributed by atoms with E-state index in [1.165, 1.54) is 34.4 Å². The van der Waals surface area contributed by atoms with E-state index in [-0.39, 0.29) is 17.5 Å². The molecule has 0 saturated heterocycles. The minimum atomic E-state index is -0.338. The molecule has 1 aliphatic carbocycles. The maximum atomic E-state index is 13.0. The molecule has 4 nitrogen and oxygen atoms in total. The van der Waals surface area contributed by atoms with Gasteiger partial charge in [-0.1, -0.05) is 11.8 Å². The first-order chi connectivity index (χ1) is 12.0. The second kappa shape index (κ2) is 7.24. The Balaban J connectivity index is 1.75. The van der Waals surface area contributed by atoms with E-state index >= 15 is 0 Å². The summed E-state index contributed by atoms with van der Waals surface area (Å²) in [6.45, 7) is 1.96. The topological polar surface area (TPSA) is 57.0 Å². The molecule has 1 aromatic heterocycles. The molecule has 0 bridgehead atoms. The van der Waals surface area contributed by atoms with Crippen molar-refractivity contribution in [2.45, 2.75) is 31.2 Å². The Morgan fingerprint density at radius 2 is 2.08 bits per heavy atom. The molecule has 2 aromatic rings. The fraction of sp³-hybridized carbons (Fsp3) is 0.316. The number of carbonyl (C=O) groups excluding carboxylic acids is 1. The number of aryl methyl sites for hydroxylation is 1. The second-order valence-corrected chi connectivity index (χ2v) is 6.99. The SMILES string of the molecule is Cc1c(C#N)c(SCC(=O)N(C)c2ccc(F)cc2)nc2c1CCC2. The van der Waals surface area contributed by atoms with Gasteiger partial charge in [0.25, 0.3) is 0 Å². The monoisotopic (exact) mass is 355 g/mol. The van der Waals surface area contributed by atoms with Crippen LogP contribution < -0.4 is 4.90 Å². The normalized spacial score (nSPS) is 12.6. The number of pyridine rings is 1. The van der Waals surface area contributed by atoms with Gasteiger partial charge < -0.3 is 4.90 Å². The summed E-state index contributed by atoms with van der Waals surface area (Å²) in [5.41, 5.74) is 4.44. The molecule has 0 atom stereocenters. The maximum Gasteiger partial charge on any atom is 0.237 e. The summed E-state index contributed by atoms with van der Waals surface area (Å²) >= 11 is 1.29. The molecule has 0 spiro atoms. The highest BCUT2D eigenvalue weighted by molar-refractivity contribution is 8.00. The summed E-state index contributed by atoms with van der Waals surface area (Å²) in [5.74, 6) is -0.288. The summed E-state index contributed by atoms with van der Waals surface area (Å²) in [6, 6.07) is 8.02. The van der Waals surface area contributed by atoms with Crippen LogP contribution in [0.2, 0.25) is 0 Å². The van der Waals surface area contributed by atoms with Gasteiger partial charge in [0.15, 0.2) is 0 Å². The summed E-state index contributed by atoms with van der Waals surface area (Å²) in [5, 5.41) is 10.1. The first-order valence-corrected chi connectivity index (χ1v) is 9.07. The molecule has 0 saturated carbocycles. The van der Waals surface area contributed by atoms with Crippen LogP contribution >= 0.6 is 11.8 Å². The molecule has 0 unspecified atom stereocenters. The molecule has 3 rings (SSSR count). The van der Waals surface area contributed by atoms with Crippen molar-refractivity contribution in [2.75, 3.05) is 17.7 Å². The van der Waals surface area contributed by atoms with Gasteiger partial charge in [0.1, 0.15) is 16.9 Å². The van der Waals surface area contributed by atoms with E-state index in [1.807, 2.05) is 6.92 Å². The Labute approximate surface area is 150 Å². The number of nitriles is 1. The average Bonchev–Trinajstić information content (AvgIpc) is 3.08. The standard InChI is InChI=1S/C19H18FN3OS/c1-12-15-4-3-5-17(15)22-19(16(12)10-21)25-11-18(24)23(2)14-8-6-13(20)7-9-14/h6-9H,3-5,11H2,1-2H3. The van der Waals surface area contributed by atoms with Gasteiger partial charge in [-0.25, -0.2) is 9.37 Å². The van der Waals surface area contributed by atoms with E-state index in [0.717, 1.165) is 30.5 Å². The highest BCUT2D eigenvalue weighted by Gasteiger charge is 2.22. The smallest absolute Gasteiger partial charge is 0.237 e. The Kier molecular flexibility index (Phi) is 5.05. The third-order valence-corrected chi connectivity index (χ3v) is 5.46. The number of aromatic nitrogens is 1. The van der Waals surface area contributed by atoms with Gasteiger partial charge in [-0.05, 0) is 61.6 Å². The lowest BCUT2D eigenvalue weighted by Gasteiger charge is -2.17. The molecule has 1 heterocycles. The van der Waals surface area contributed by atoms with Crippen LogP contribution in [-0.2, 0) is 17.6 Å². The van der Waals surface area contributed by atoms with E-state index in [9.17, 15) is 14.4 Å². The van der Waals surface area contributed by atoms with Gasteiger partial charge in [-0.2, -0.15) is 5.26 Å². The third-order valence-electron chi connectivity index (χ3n) is 4.50. The van der Waals surface area contributed by atoms with Crippen LogP contribution in [0.25, 0.3) is 0 Å². The second-order valence-electron chi connectivity index (χ2n) is 6.03. The first kappa shape index (κ1) is 17.4. The van der Waals surface area contributed by atoms with Crippen LogP contribution in [0.4, 0.5) is 10.1 Å². The van der Waals surface area contributed by atoms with Crippen molar-refractivity contribution >= 4 is 23.4 Å². The van der Waals surface area contributed by atoms with Gasteiger partial charge >= 0.3 is 0 Å². The lowest BCUT2D eigenvalue weighted by Crippen LogP contribution is -2.28. The predicted octanol–water partition coefficient (Wildman–Crippen LogP) is 3.64. The number of halogens is 1. The van der Waals surface area contributed by atoms with Crippen LogP contribution in [0.15, 0.2) is 29.3 Å². The summed E-state index contributed by atoms with van der Waals surface area (Å²) in [4.78, 5) is 18.5. The van der Waals surface area contributed by atoms with Crippen molar-refractivity contribution in [3.05, 3.63) is 52.5 Å². The summed E-state index contributed by atoms with van der Waals surface area (Å²) in [6.07, 6.45) is 2.97. The Bertz CT molecular complexity index is 858. The maximum absolute atomic E-state index is 13.0. The fourth-order valence-corrected chi connectivity index (χ4v) is 3.99. The minimum absolute atomic E-state index is 0.125. The highest BCUT2D eigenvalue weighted by atomic mass is 32.2. The van der Waals surface area contributed by atoms with Gasteiger partial charge in [0, 0.05) is 18.4 Å². The molecule has 0 N–H and O–H groups in total. The van der Waals surface area contributed by atoms with Crippen LogP contribution in [0.1, 0.15) is 28.8 Å². The Morgan fingerprint density at radius 3 is 2.76 bits per heavy atom. The lowest BCUT2D eigenvalue weighted by atomic mass is 10.0. The number of amides is 1. The third kappa shape index (κ3) is 3.52. The molecule has 25 heavy (non-hydrogen) atoms. The molecular formula is C19H18FN3OS. The molecule has 0 fully saturated rings. The first-order valence-electron chi connectivity index (χ1n) is 8.08. The number of carbonyl (C=O) groups is 1. The lowest BCUT2D eigenvalue weighted by molar-refractivity contribution is -0.115. The van der Waals surface area contributed by atoms with Crippen molar-refractivity contribution in [1.82, 2.24) is 4.98 Å². The number of nitrogens with zero attached hydrogens (tertiary/aromatic N) is 3. The van der Waals surface area contributed by atoms with E-state index < -0.39 is 0 Å². The van der Waals surface area contributed by atoms with E-state index in [4.69, 9.17) is 0 Å². The van der Waals surface area contributed by atoms with Crippen molar-refractivity contribution in [2.24, 2.45) is 0 Å². The molecule has 1 amide bonds. The van der Waals surface area contributed by atoms with Crippen molar-refractivity contribution < 1.29 is 9.18 Å². The van der Waals surface area contributed by atoms with E-state index in [2.05, 4.69) is 11.1 Å². The molecule has 0 radical (unpaired) electrons. The zero-order valence-electron chi connectivity index (χ0n) is 14.2. The molecule has 1 aromatic carbocycles. The van der Waals surface area contributed by atoms with E-state index in [0.29, 0.717) is 16.3 Å². The van der Waals surface area contributed by atoms with Crippen molar-refractivity contribution in [3.8, 4) is 6.07 Å². The summed E-state index contributed by atoms with van der Waals surface area (Å²) in [7, 11) is 1.66. The number of fused-ring (bicyclic) bond motifs is 1. The van der Waals surface area contributed by atoms with E-state index in [1.54, 1.807) is 19.2 Å². The molecule has 6 heteroatoms. The molecular weight excluding hydrogens is 337 g/mol. The van der Waals surface area contributed by atoms with Gasteiger partial charge in [0.2, 0.25) is 5.91 Å². The van der Waals surface area contributed by atoms with Crippen LogP contribution in [0.5, 0.6) is 0 Å². The fourth-order valence-electron chi connectivity index (χ4n) is 3.02. The number of hydrogen-bond donors (Lipinski definition) is 0. The van der Waals surface area contributed by atoms with Crippen molar-refractivity contribution in [3.63, 3.8) is 0 Å². The number of hydrogen-bond acceptors (Lipinski definition) is 4. The molecule has 1 aliphatic rings. The van der Waals surface area contributed by atoms with Gasteiger partial charge in [-0.3, -0.25) is 4.79 Å². The number of anilines is 1. The summed E-state index contributed by atoms with van der Waals surface area (Å²) < 4.78 is 13.0. The van der Waals surface area contributed by atoms with Gasteiger partial charge in [-0.15, -0.1) is 0 Å². The quantitative estimate of drug-likeness (QED) is 0.786. The van der Waals surface area contributed by atoms with Crippen LogP contribution in [-0.4, -0.2) is 23.7 Å². The van der Waals surface area contributed by atoms with Gasteiger partial charge in [0.05, 0.1) is 11.3 Å². The van der Waals surface area contributed by atoms with Crippen LogP contribution in [0.3, 0.4) is 0 Å². The van der Waals surface area contributed by atoms with Crippen LogP contribution in [0, 0.1) is 24.1 Å². The number of rotatable bonds is 4. The Hall–Kier alpha value is -2.39. The van der Waals surface area contributed by atoms with Crippen molar-refractivity contribution in [1.29, 1.82) is 5.26 Å². The minimum Gasteiger partial charge on any atom is -0.315 e. The number of thioether (sulfide) groups is 1. The highest BCUT2D eigenvalue weighted by Crippen LogP contribution is 2.31. The molecule has 0 aliphatic heterocycles. The molecule has 128 valence electrons. The Morgan fingerprint density at radius 1 is 1.36 bits per heavy atom. The predicted molar refractivity (Wildman–Crippen MR) is 96.2 cm³/mol. The number of benzene rings is 1.